The number of nitrogens with two attached hydrogens (primary N) is 2. The molecule has 16 heavy (non-hydrogen) atoms. The molecule has 0 aliphatic rings. The lowest BCUT2D eigenvalue weighted by atomic mass is 9.99. The fraction of sp³-hybridized carbons (Fsp3) is 0.600. The van der Waals surface area contributed by atoms with Gasteiger partial charge >= 0.3 is 5.97 Å². The van der Waals surface area contributed by atoms with Crippen LogP contribution in [-0.4, -0.2) is 29.0 Å². The predicted octanol–water partition coefficient (Wildman–Crippen LogP) is 0.799. The smallest absolute Gasteiger partial charge is 0.323 e. The lowest BCUT2D eigenvalue weighted by molar-refractivity contribution is -0.142. The molecule has 0 saturated carbocycles. The van der Waals surface area contributed by atoms with Crippen LogP contribution in [0.3, 0.4) is 0 Å². The minimum Gasteiger partial charge on any atom is -0.480 e. The van der Waals surface area contributed by atoms with Crippen molar-refractivity contribution in [1.82, 2.24) is 0 Å². The van der Waals surface area contributed by atoms with Gasteiger partial charge in [-0.1, -0.05) is 6.08 Å². The quantitative estimate of drug-likeness (QED) is 0.464. The third-order valence-corrected chi connectivity index (χ3v) is 1.95. The van der Waals surface area contributed by atoms with Crippen LogP contribution in [0.1, 0.15) is 26.7 Å². The van der Waals surface area contributed by atoms with Gasteiger partial charge in [-0.2, -0.15) is 0 Å². The normalized spacial score (nSPS) is 17.0. The molecular formula is C10H18FN3O2. The van der Waals surface area contributed by atoms with Crippen LogP contribution >= 0.6 is 0 Å². The fourth-order valence-electron chi connectivity index (χ4n) is 0.851. The Balaban J connectivity index is 4.15. The molecule has 0 bridgehead atoms. The molecular weight excluding hydrogens is 213 g/mol. The van der Waals surface area contributed by atoms with Crippen molar-refractivity contribution < 1.29 is 14.3 Å². The first-order valence-electron chi connectivity index (χ1n) is 4.89. The summed E-state index contributed by atoms with van der Waals surface area (Å²) in [5.74, 6) is -1.20. The maximum atomic E-state index is 13.1. The van der Waals surface area contributed by atoms with E-state index in [-0.39, 0.29) is 19.4 Å². The van der Waals surface area contributed by atoms with E-state index in [9.17, 15) is 9.18 Å². The summed E-state index contributed by atoms with van der Waals surface area (Å²) in [6.07, 6.45) is 1.22. The molecule has 0 saturated heterocycles. The Morgan fingerprint density at radius 2 is 2.19 bits per heavy atom. The van der Waals surface area contributed by atoms with E-state index in [1.165, 1.54) is 13.0 Å². The number of halogens is 1. The molecule has 0 fully saturated rings. The zero-order valence-corrected chi connectivity index (χ0v) is 9.53. The molecule has 5 N–H and O–H groups in total. The van der Waals surface area contributed by atoms with Gasteiger partial charge in [-0.3, -0.25) is 9.79 Å². The molecule has 0 aliphatic carbocycles. The molecule has 0 aromatic carbocycles. The van der Waals surface area contributed by atoms with Crippen LogP contribution < -0.4 is 11.5 Å². The molecule has 0 aromatic rings. The summed E-state index contributed by atoms with van der Waals surface area (Å²) in [5, 5.41) is 8.69. The number of carboxylic acids is 1. The highest BCUT2D eigenvalue weighted by atomic mass is 19.1. The Kier molecular flexibility index (Phi) is 5.66. The summed E-state index contributed by atoms with van der Waals surface area (Å²) in [6.45, 7) is 3.20. The highest BCUT2D eigenvalue weighted by Gasteiger charge is 2.26. The van der Waals surface area contributed by atoms with Gasteiger partial charge in [0.15, 0.2) is 0 Å². The summed E-state index contributed by atoms with van der Waals surface area (Å²) >= 11 is 0. The van der Waals surface area contributed by atoms with Gasteiger partial charge in [0.25, 0.3) is 0 Å². The first-order chi connectivity index (χ1) is 7.25. The minimum atomic E-state index is -1.44. The van der Waals surface area contributed by atoms with Crippen LogP contribution in [0.15, 0.2) is 16.9 Å². The Labute approximate surface area is 94.0 Å². The number of aliphatic imine (C=N–C) groups is 1. The monoisotopic (exact) mass is 231 g/mol. The van der Waals surface area contributed by atoms with Crippen molar-refractivity contribution in [3.8, 4) is 0 Å². The van der Waals surface area contributed by atoms with Gasteiger partial charge in [0.2, 0.25) is 0 Å². The van der Waals surface area contributed by atoms with Crippen molar-refractivity contribution in [1.29, 1.82) is 0 Å². The number of rotatable bonds is 6. The standard InChI is InChI=1S/C10H18FN3O2/c1-7(12)14-6-4-8(11)3-5-10(2,13)9(15)16/h3H,4-6,13H2,1-2H3,(H2,12,14)(H,15,16). The van der Waals surface area contributed by atoms with E-state index in [1.807, 2.05) is 0 Å². The molecule has 0 aromatic heterocycles. The molecule has 0 rings (SSSR count). The lowest BCUT2D eigenvalue weighted by Crippen LogP contribution is -2.44. The van der Waals surface area contributed by atoms with Crippen LogP contribution in [0, 0.1) is 0 Å². The van der Waals surface area contributed by atoms with Crippen molar-refractivity contribution in [3.05, 3.63) is 11.9 Å². The summed E-state index contributed by atoms with van der Waals surface area (Å²) in [6, 6.07) is 0. The number of hydrogen-bond acceptors (Lipinski definition) is 3. The van der Waals surface area contributed by atoms with Crippen molar-refractivity contribution in [2.24, 2.45) is 16.5 Å². The van der Waals surface area contributed by atoms with Gasteiger partial charge in [-0.15, -0.1) is 0 Å². The Morgan fingerprint density at radius 1 is 1.62 bits per heavy atom. The predicted molar refractivity (Wildman–Crippen MR) is 60.8 cm³/mol. The third-order valence-electron chi connectivity index (χ3n) is 1.95. The molecule has 5 nitrogen and oxygen atoms in total. The van der Waals surface area contributed by atoms with E-state index in [2.05, 4.69) is 4.99 Å². The summed E-state index contributed by atoms with van der Waals surface area (Å²) in [4.78, 5) is 14.4. The van der Waals surface area contributed by atoms with Crippen molar-refractivity contribution >= 4 is 11.8 Å². The minimum absolute atomic E-state index is 0.0561. The second kappa shape index (κ2) is 6.22. The van der Waals surface area contributed by atoms with Crippen molar-refractivity contribution in [3.63, 3.8) is 0 Å². The summed E-state index contributed by atoms with van der Waals surface area (Å²) < 4.78 is 13.1. The largest absolute Gasteiger partial charge is 0.480 e. The SMILES string of the molecule is CC(N)=NCCC(F)=CCC(C)(N)C(=O)O. The van der Waals surface area contributed by atoms with E-state index in [1.54, 1.807) is 6.92 Å². The van der Waals surface area contributed by atoms with Crippen LogP contribution in [0.4, 0.5) is 4.39 Å². The number of hydrogen-bond donors (Lipinski definition) is 3. The Hall–Kier alpha value is -1.43. The maximum Gasteiger partial charge on any atom is 0.323 e. The average Bonchev–Trinajstić information content (AvgIpc) is 2.14. The average molecular weight is 231 g/mol. The first-order valence-corrected chi connectivity index (χ1v) is 4.89. The van der Waals surface area contributed by atoms with Crippen LogP contribution in [-0.2, 0) is 4.79 Å². The van der Waals surface area contributed by atoms with E-state index < -0.39 is 17.3 Å². The highest BCUT2D eigenvalue weighted by molar-refractivity contribution is 5.78. The number of amidine groups is 1. The molecule has 6 heteroatoms. The van der Waals surface area contributed by atoms with E-state index in [0.29, 0.717) is 5.84 Å². The number of carboxylic acid groups (broad SMARTS) is 1. The summed E-state index contributed by atoms with van der Waals surface area (Å²) in [7, 11) is 0. The zero-order chi connectivity index (χ0) is 12.8. The van der Waals surface area contributed by atoms with Gasteiger partial charge in [0.1, 0.15) is 5.54 Å². The Bertz CT molecular complexity index is 307. The van der Waals surface area contributed by atoms with Gasteiger partial charge in [-0.05, 0) is 20.3 Å². The summed E-state index contributed by atoms with van der Waals surface area (Å²) in [5.41, 5.74) is 9.26. The van der Waals surface area contributed by atoms with Gasteiger partial charge in [0.05, 0.1) is 11.7 Å². The molecule has 0 amide bonds. The molecule has 92 valence electrons. The molecule has 0 heterocycles. The zero-order valence-electron chi connectivity index (χ0n) is 9.53. The van der Waals surface area contributed by atoms with Gasteiger partial charge in [-0.25, -0.2) is 4.39 Å². The van der Waals surface area contributed by atoms with E-state index in [4.69, 9.17) is 16.6 Å². The van der Waals surface area contributed by atoms with Gasteiger partial charge in [0, 0.05) is 13.0 Å². The molecule has 1 atom stereocenters. The highest BCUT2D eigenvalue weighted by Crippen LogP contribution is 2.11. The maximum absolute atomic E-state index is 13.1. The van der Waals surface area contributed by atoms with Crippen molar-refractivity contribution in [2.75, 3.05) is 6.54 Å². The molecule has 0 spiro atoms. The van der Waals surface area contributed by atoms with Crippen LogP contribution in [0.5, 0.6) is 0 Å². The van der Waals surface area contributed by atoms with Crippen LogP contribution in [0.2, 0.25) is 0 Å². The third kappa shape index (κ3) is 6.13. The number of aliphatic carboxylic acids is 1. The van der Waals surface area contributed by atoms with E-state index >= 15 is 0 Å². The Morgan fingerprint density at radius 3 is 2.62 bits per heavy atom. The second-order valence-corrected chi connectivity index (χ2v) is 3.85. The topological polar surface area (TPSA) is 102 Å². The van der Waals surface area contributed by atoms with Gasteiger partial charge < -0.3 is 16.6 Å². The van der Waals surface area contributed by atoms with Crippen molar-refractivity contribution in [2.45, 2.75) is 32.2 Å². The fourth-order valence-corrected chi connectivity index (χ4v) is 0.851. The molecule has 0 aliphatic heterocycles. The van der Waals surface area contributed by atoms with Crippen LogP contribution in [0.25, 0.3) is 0 Å². The second-order valence-electron chi connectivity index (χ2n) is 3.85. The lowest BCUT2D eigenvalue weighted by Gasteiger charge is -2.16. The first kappa shape index (κ1) is 14.6. The van der Waals surface area contributed by atoms with E-state index in [0.717, 1.165) is 0 Å². The number of nitrogens with zero attached hydrogens (tertiary/aromatic N) is 1. The number of carbonyl (C=O) groups is 1. The molecule has 0 radical (unpaired) electrons. The molecule has 1 unspecified atom stereocenters.